The third-order valence-corrected chi connectivity index (χ3v) is 3.96. The van der Waals surface area contributed by atoms with E-state index in [2.05, 4.69) is 9.97 Å². The van der Waals surface area contributed by atoms with Gasteiger partial charge in [-0.2, -0.15) is 0 Å². The molecule has 0 radical (unpaired) electrons. The molecule has 1 aromatic carbocycles. The minimum Gasteiger partial charge on any atom is -0.545 e. The summed E-state index contributed by atoms with van der Waals surface area (Å²) in [6.45, 7) is 3.35. The first-order chi connectivity index (χ1) is 10.6. The van der Waals surface area contributed by atoms with Gasteiger partial charge in [0.1, 0.15) is 5.82 Å². The van der Waals surface area contributed by atoms with E-state index in [0.717, 1.165) is 18.4 Å². The zero-order chi connectivity index (χ0) is 17.4. The van der Waals surface area contributed by atoms with Crippen molar-refractivity contribution in [3.05, 3.63) is 41.3 Å². The summed E-state index contributed by atoms with van der Waals surface area (Å²) in [5.74, 6) is -2.40. The number of carboxylic acids is 1. The third-order valence-electron chi connectivity index (χ3n) is 3.12. The molecule has 1 heterocycles. The highest BCUT2D eigenvalue weighted by Gasteiger charge is 2.22. The summed E-state index contributed by atoms with van der Waals surface area (Å²) in [5, 5.41) is 11.1. The van der Waals surface area contributed by atoms with E-state index in [-0.39, 0.29) is 28.4 Å². The number of aromatic carboxylic acids is 1. The zero-order valence-electron chi connectivity index (χ0n) is 12.7. The molecule has 0 unspecified atom stereocenters. The molecule has 8 heteroatoms. The van der Waals surface area contributed by atoms with E-state index in [4.69, 9.17) is 0 Å². The average Bonchev–Trinajstić information content (AvgIpc) is 2.45. The number of carboxylic acid groups (broad SMARTS) is 1. The van der Waals surface area contributed by atoms with Gasteiger partial charge in [0, 0.05) is 17.4 Å². The maximum Gasteiger partial charge on any atom is 0.247 e. The van der Waals surface area contributed by atoms with Crippen molar-refractivity contribution in [1.82, 2.24) is 9.97 Å². The Kier molecular flexibility index (Phi) is 4.46. The van der Waals surface area contributed by atoms with Crippen molar-refractivity contribution in [2.45, 2.75) is 24.9 Å². The van der Waals surface area contributed by atoms with Crippen molar-refractivity contribution in [2.75, 3.05) is 6.26 Å². The molecule has 0 fully saturated rings. The SMILES string of the molecule is CC(C)c1nc(S(C)(=O)=O)nc(-c2ccc(F)cc2)c1C(=O)[O-]. The van der Waals surface area contributed by atoms with E-state index in [1.165, 1.54) is 12.1 Å². The molecule has 6 nitrogen and oxygen atoms in total. The number of benzene rings is 1. The average molecular weight is 337 g/mol. The Bertz CT molecular complexity index is 862. The van der Waals surface area contributed by atoms with Crippen LogP contribution < -0.4 is 5.11 Å². The summed E-state index contributed by atoms with van der Waals surface area (Å²) in [5.41, 5.74) is -0.0808. The molecule has 2 rings (SSSR count). The lowest BCUT2D eigenvalue weighted by atomic mass is 9.99. The van der Waals surface area contributed by atoms with Gasteiger partial charge in [-0.05, 0) is 30.2 Å². The number of hydrogen-bond donors (Lipinski definition) is 0. The molecule has 0 amide bonds. The smallest absolute Gasteiger partial charge is 0.247 e. The van der Waals surface area contributed by atoms with Gasteiger partial charge < -0.3 is 9.90 Å². The summed E-state index contributed by atoms with van der Waals surface area (Å²) in [4.78, 5) is 19.3. The van der Waals surface area contributed by atoms with Gasteiger partial charge in [-0.25, -0.2) is 22.8 Å². The van der Waals surface area contributed by atoms with Gasteiger partial charge in [0.2, 0.25) is 15.0 Å². The van der Waals surface area contributed by atoms with Crippen LogP contribution in [-0.4, -0.2) is 30.6 Å². The van der Waals surface area contributed by atoms with E-state index in [9.17, 15) is 22.7 Å². The highest BCUT2D eigenvalue weighted by atomic mass is 32.2. The topological polar surface area (TPSA) is 100 Å². The number of halogens is 1. The van der Waals surface area contributed by atoms with E-state index in [1.54, 1.807) is 13.8 Å². The minimum atomic E-state index is -3.75. The first-order valence-electron chi connectivity index (χ1n) is 6.70. The van der Waals surface area contributed by atoms with Gasteiger partial charge in [0.05, 0.1) is 17.4 Å². The van der Waals surface area contributed by atoms with Crippen molar-refractivity contribution < 1.29 is 22.7 Å². The monoisotopic (exact) mass is 337 g/mol. The van der Waals surface area contributed by atoms with Crippen LogP contribution in [0.3, 0.4) is 0 Å². The summed E-state index contributed by atoms with van der Waals surface area (Å²) in [6.07, 6.45) is 0.930. The number of hydrogen-bond acceptors (Lipinski definition) is 6. The Labute approximate surface area is 132 Å². The summed E-state index contributed by atoms with van der Waals surface area (Å²) < 4.78 is 36.6. The number of aromatic nitrogens is 2. The molecule has 122 valence electrons. The maximum atomic E-state index is 13.1. The number of nitrogens with zero attached hydrogens (tertiary/aromatic N) is 2. The maximum absolute atomic E-state index is 13.1. The summed E-state index contributed by atoms with van der Waals surface area (Å²) in [7, 11) is -3.75. The largest absolute Gasteiger partial charge is 0.545 e. The molecule has 0 atom stereocenters. The normalized spacial score (nSPS) is 11.7. The third kappa shape index (κ3) is 3.53. The number of rotatable bonds is 4. The fourth-order valence-corrected chi connectivity index (χ4v) is 2.58. The number of carbonyl (C=O) groups is 1. The first-order valence-corrected chi connectivity index (χ1v) is 8.59. The highest BCUT2D eigenvalue weighted by molar-refractivity contribution is 7.90. The molecule has 2 aromatic rings. The molecule has 1 aromatic heterocycles. The fraction of sp³-hybridized carbons (Fsp3) is 0.267. The molecule has 0 aliphatic carbocycles. The van der Waals surface area contributed by atoms with Crippen LogP contribution in [0.2, 0.25) is 0 Å². The van der Waals surface area contributed by atoms with Gasteiger partial charge in [0.25, 0.3) is 0 Å². The van der Waals surface area contributed by atoms with Gasteiger partial charge in [0.15, 0.2) is 0 Å². The van der Waals surface area contributed by atoms with Crippen molar-refractivity contribution in [3.8, 4) is 11.3 Å². The first kappa shape index (κ1) is 17.0. The Morgan fingerprint density at radius 1 is 1.17 bits per heavy atom. The second kappa shape index (κ2) is 6.04. The molecular weight excluding hydrogens is 323 g/mol. The molecule has 0 N–H and O–H groups in total. The summed E-state index contributed by atoms with van der Waals surface area (Å²) >= 11 is 0. The van der Waals surface area contributed by atoms with Crippen molar-refractivity contribution >= 4 is 15.8 Å². The molecule has 0 saturated heterocycles. The molecule has 0 spiro atoms. The lowest BCUT2D eigenvalue weighted by Gasteiger charge is -2.17. The van der Waals surface area contributed by atoms with Gasteiger partial charge in [-0.3, -0.25) is 0 Å². The Morgan fingerprint density at radius 2 is 1.74 bits per heavy atom. The van der Waals surface area contributed by atoms with E-state index in [0.29, 0.717) is 0 Å². The van der Waals surface area contributed by atoms with Crippen LogP contribution >= 0.6 is 0 Å². The van der Waals surface area contributed by atoms with Crippen LogP contribution in [0.5, 0.6) is 0 Å². The standard InChI is InChI=1S/C15H15FN2O4S/c1-8(2)12-11(14(19)20)13(9-4-6-10(16)7-5-9)18-15(17-12)23(3,21)22/h4-8H,1-3H3,(H,19,20)/p-1. The molecular formula is C15H14FN2O4S-. The molecule has 0 bridgehead atoms. The van der Waals surface area contributed by atoms with Crippen LogP contribution in [-0.2, 0) is 9.84 Å². The van der Waals surface area contributed by atoms with Crippen LogP contribution in [0.4, 0.5) is 4.39 Å². The van der Waals surface area contributed by atoms with E-state index >= 15 is 0 Å². The van der Waals surface area contributed by atoms with Crippen LogP contribution in [0, 0.1) is 5.82 Å². The Morgan fingerprint density at radius 3 is 2.17 bits per heavy atom. The predicted molar refractivity (Wildman–Crippen MR) is 79.0 cm³/mol. The van der Waals surface area contributed by atoms with Crippen LogP contribution in [0.1, 0.15) is 35.8 Å². The van der Waals surface area contributed by atoms with Crippen molar-refractivity contribution in [2.24, 2.45) is 0 Å². The van der Waals surface area contributed by atoms with Crippen LogP contribution in [0.15, 0.2) is 29.4 Å². The highest BCUT2D eigenvalue weighted by Crippen LogP contribution is 2.28. The minimum absolute atomic E-state index is 0.0553. The Hall–Kier alpha value is -2.35. The van der Waals surface area contributed by atoms with Gasteiger partial charge >= 0.3 is 0 Å². The number of sulfone groups is 1. The number of carbonyl (C=O) groups excluding carboxylic acids is 1. The van der Waals surface area contributed by atoms with Crippen molar-refractivity contribution in [3.63, 3.8) is 0 Å². The second-order valence-electron chi connectivity index (χ2n) is 5.34. The molecule has 0 aliphatic heterocycles. The summed E-state index contributed by atoms with van der Waals surface area (Å²) in [6, 6.07) is 4.90. The van der Waals surface area contributed by atoms with Crippen molar-refractivity contribution in [1.29, 1.82) is 0 Å². The quantitative estimate of drug-likeness (QED) is 0.777. The van der Waals surface area contributed by atoms with Gasteiger partial charge in [-0.15, -0.1) is 0 Å². The second-order valence-corrected chi connectivity index (χ2v) is 7.25. The predicted octanol–water partition coefficient (Wildman–Crippen LogP) is 1.17. The fourth-order valence-electron chi connectivity index (χ4n) is 2.06. The van der Waals surface area contributed by atoms with E-state index in [1.807, 2.05) is 0 Å². The molecule has 0 aliphatic rings. The zero-order valence-corrected chi connectivity index (χ0v) is 13.5. The molecule has 23 heavy (non-hydrogen) atoms. The van der Waals surface area contributed by atoms with E-state index < -0.39 is 26.8 Å². The lowest BCUT2D eigenvalue weighted by Crippen LogP contribution is -2.27. The van der Waals surface area contributed by atoms with Crippen LogP contribution in [0.25, 0.3) is 11.3 Å². The molecule has 0 saturated carbocycles. The Balaban J connectivity index is 2.89. The van der Waals surface area contributed by atoms with Gasteiger partial charge in [-0.1, -0.05) is 13.8 Å². The lowest BCUT2D eigenvalue weighted by molar-refractivity contribution is -0.255.